The normalized spacial score (nSPS) is 16.7. The van der Waals surface area contributed by atoms with Gasteiger partial charge in [-0.25, -0.2) is 4.98 Å². The second kappa shape index (κ2) is 7.53. The van der Waals surface area contributed by atoms with Crippen LogP contribution in [0.25, 0.3) is 4.96 Å². The van der Waals surface area contributed by atoms with Crippen LogP contribution in [0.15, 0.2) is 36.1 Å². The molecule has 7 nitrogen and oxygen atoms in total. The lowest BCUT2D eigenvalue weighted by molar-refractivity contribution is -0.128. The molecule has 0 bridgehead atoms. The lowest BCUT2D eigenvalue weighted by Gasteiger charge is -2.33. The van der Waals surface area contributed by atoms with Crippen LogP contribution in [0.2, 0.25) is 0 Å². The lowest BCUT2D eigenvalue weighted by Crippen LogP contribution is -2.45. The maximum atomic E-state index is 13.0. The number of carbonyl (C=O) groups is 1. The molecule has 1 saturated heterocycles. The highest BCUT2D eigenvalue weighted by atomic mass is 32.1. The van der Waals surface area contributed by atoms with Gasteiger partial charge in [0.05, 0.1) is 25.5 Å². The Morgan fingerprint density at radius 2 is 2.27 bits per heavy atom. The monoisotopic (exact) mass is 371 g/mol. The average Bonchev–Trinajstić information content (AvgIpc) is 3.24. The molecule has 8 heteroatoms. The lowest BCUT2D eigenvalue weighted by atomic mass is 10.1. The van der Waals surface area contributed by atoms with Crippen molar-refractivity contribution in [2.24, 2.45) is 0 Å². The molecule has 4 heterocycles. The molecule has 1 unspecified atom stereocenters. The highest BCUT2D eigenvalue weighted by Crippen LogP contribution is 2.22. The first-order chi connectivity index (χ1) is 12.7. The molecule has 1 fully saturated rings. The van der Waals surface area contributed by atoms with Gasteiger partial charge in [-0.2, -0.15) is 0 Å². The van der Waals surface area contributed by atoms with Gasteiger partial charge >= 0.3 is 0 Å². The molecular formula is C18H21N5O2S. The van der Waals surface area contributed by atoms with Crippen LogP contribution in [0.3, 0.4) is 0 Å². The summed E-state index contributed by atoms with van der Waals surface area (Å²) in [5.41, 5.74) is 2.91. The van der Waals surface area contributed by atoms with Crippen molar-refractivity contribution in [3.8, 4) is 0 Å². The maximum absolute atomic E-state index is 13.0. The van der Waals surface area contributed by atoms with Crippen LogP contribution in [0.4, 0.5) is 0 Å². The summed E-state index contributed by atoms with van der Waals surface area (Å²) < 4.78 is 7.48. The molecule has 136 valence electrons. The van der Waals surface area contributed by atoms with Crippen molar-refractivity contribution in [2.75, 3.05) is 26.3 Å². The van der Waals surface area contributed by atoms with E-state index >= 15 is 0 Å². The number of rotatable bonds is 5. The van der Waals surface area contributed by atoms with E-state index in [1.165, 1.54) is 0 Å². The fourth-order valence-corrected chi connectivity index (χ4v) is 4.07. The predicted molar refractivity (Wildman–Crippen MR) is 99.0 cm³/mol. The van der Waals surface area contributed by atoms with Gasteiger partial charge in [0.15, 0.2) is 4.96 Å². The van der Waals surface area contributed by atoms with E-state index in [1.54, 1.807) is 23.7 Å². The quantitative estimate of drug-likeness (QED) is 0.740. The number of ether oxygens (including phenoxy) is 1. The molecule has 26 heavy (non-hydrogen) atoms. The fourth-order valence-electron chi connectivity index (χ4n) is 3.20. The minimum absolute atomic E-state index is 0.0343. The summed E-state index contributed by atoms with van der Waals surface area (Å²) >= 11 is 1.60. The Morgan fingerprint density at radius 3 is 3.00 bits per heavy atom. The molecule has 1 atom stereocenters. The Balaban J connectivity index is 1.50. The number of aromatic nitrogens is 3. The summed E-state index contributed by atoms with van der Waals surface area (Å²) in [6.07, 6.45) is 5.46. The van der Waals surface area contributed by atoms with E-state index in [1.807, 2.05) is 29.7 Å². The zero-order valence-corrected chi connectivity index (χ0v) is 15.4. The molecule has 3 aromatic rings. The third kappa shape index (κ3) is 3.48. The van der Waals surface area contributed by atoms with Crippen molar-refractivity contribution in [3.63, 3.8) is 0 Å². The minimum atomic E-state index is -0.363. The number of imidazole rings is 1. The van der Waals surface area contributed by atoms with Crippen LogP contribution in [0.1, 0.15) is 23.0 Å². The topological polar surface area (TPSA) is 71.8 Å². The molecule has 1 aliphatic heterocycles. The molecule has 0 spiro atoms. The molecule has 0 saturated carbocycles. The maximum Gasteiger partial charge on any atom is 0.242 e. The summed E-state index contributed by atoms with van der Waals surface area (Å²) in [4.78, 5) is 24.8. The Labute approximate surface area is 155 Å². The van der Waals surface area contributed by atoms with Gasteiger partial charge in [-0.05, 0) is 18.6 Å². The Hall–Kier alpha value is -2.29. The molecule has 1 aliphatic rings. The van der Waals surface area contributed by atoms with Crippen LogP contribution in [-0.2, 0) is 16.1 Å². The van der Waals surface area contributed by atoms with Crippen molar-refractivity contribution >= 4 is 22.2 Å². The van der Waals surface area contributed by atoms with Gasteiger partial charge in [0.25, 0.3) is 0 Å². The van der Waals surface area contributed by atoms with E-state index in [-0.39, 0.29) is 11.9 Å². The Morgan fingerprint density at radius 1 is 1.42 bits per heavy atom. The van der Waals surface area contributed by atoms with Crippen molar-refractivity contribution in [3.05, 3.63) is 53.1 Å². The van der Waals surface area contributed by atoms with Gasteiger partial charge in [-0.3, -0.25) is 19.1 Å². The first-order valence-corrected chi connectivity index (χ1v) is 9.52. The molecule has 0 aromatic carbocycles. The zero-order valence-electron chi connectivity index (χ0n) is 14.6. The minimum Gasteiger partial charge on any atom is -0.379 e. The van der Waals surface area contributed by atoms with Gasteiger partial charge in [0.2, 0.25) is 5.91 Å². The first-order valence-electron chi connectivity index (χ1n) is 8.64. The van der Waals surface area contributed by atoms with Crippen LogP contribution < -0.4 is 5.32 Å². The number of fused-ring (bicyclic) bond motifs is 1. The van der Waals surface area contributed by atoms with Crippen LogP contribution in [-0.4, -0.2) is 51.5 Å². The second-order valence-corrected chi connectivity index (χ2v) is 7.15. The highest BCUT2D eigenvalue weighted by Gasteiger charge is 2.29. The van der Waals surface area contributed by atoms with Crippen molar-refractivity contribution in [1.82, 2.24) is 24.6 Å². The first kappa shape index (κ1) is 17.1. The average molecular weight is 371 g/mol. The standard InChI is InChI=1S/C18H21N5O2S/c1-13-12-26-18-21-15(11-23(13)18)10-20-17(24)16(14-3-2-4-19-9-14)22-5-7-25-8-6-22/h2-4,9,11-12,16H,5-8,10H2,1H3,(H,20,24). The van der Waals surface area contributed by atoms with Gasteiger partial charge in [0, 0.05) is 42.8 Å². The van der Waals surface area contributed by atoms with E-state index in [0.717, 1.165) is 35.0 Å². The second-order valence-electron chi connectivity index (χ2n) is 6.32. The van der Waals surface area contributed by atoms with Gasteiger partial charge in [0.1, 0.15) is 6.04 Å². The highest BCUT2D eigenvalue weighted by molar-refractivity contribution is 7.15. The number of amides is 1. The zero-order chi connectivity index (χ0) is 17.9. The fraction of sp³-hybridized carbons (Fsp3) is 0.389. The molecular weight excluding hydrogens is 350 g/mol. The van der Waals surface area contributed by atoms with E-state index in [9.17, 15) is 4.79 Å². The summed E-state index contributed by atoms with van der Waals surface area (Å²) in [6, 6.07) is 3.45. The SMILES string of the molecule is Cc1csc2nc(CNC(=O)C(c3cccnc3)N3CCOCC3)cn12. The van der Waals surface area contributed by atoms with Gasteiger partial charge in [-0.15, -0.1) is 11.3 Å². The number of hydrogen-bond donors (Lipinski definition) is 1. The summed E-state index contributed by atoms with van der Waals surface area (Å²) in [6.45, 7) is 5.19. The molecule has 3 aromatic heterocycles. The van der Waals surface area contributed by atoms with Crippen LogP contribution in [0.5, 0.6) is 0 Å². The predicted octanol–water partition coefficient (Wildman–Crippen LogP) is 1.79. The molecule has 4 rings (SSSR count). The Kier molecular flexibility index (Phi) is 4.96. The summed E-state index contributed by atoms with van der Waals surface area (Å²) in [5, 5.41) is 5.12. The number of hydrogen-bond acceptors (Lipinski definition) is 6. The van der Waals surface area contributed by atoms with E-state index in [4.69, 9.17) is 4.74 Å². The third-order valence-electron chi connectivity index (χ3n) is 4.54. The molecule has 0 radical (unpaired) electrons. The summed E-state index contributed by atoms with van der Waals surface area (Å²) in [7, 11) is 0. The largest absolute Gasteiger partial charge is 0.379 e. The number of nitrogens with zero attached hydrogens (tertiary/aromatic N) is 4. The number of nitrogens with one attached hydrogen (secondary N) is 1. The van der Waals surface area contributed by atoms with Crippen LogP contribution >= 0.6 is 11.3 Å². The van der Waals surface area contributed by atoms with Crippen molar-refractivity contribution in [1.29, 1.82) is 0 Å². The number of thiazole rings is 1. The number of aryl methyl sites for hydroxylation is 1. The molecule has 1 amide bonds. The molecule has 0 aliphatic carbocycles. The summed E-state index contributed by atoms with van der Waals surface area (Å²) in [5.74, 6) is -0.0343. The smallest absolute Gasteiger partial charge is 0.242 e. The van der Waals surface area contributed by atoms with E-state index in [0.29, 0.717) is 19.8 Å². The third-order valence-corrected chi connectivity index (χ3v) is 5.50. The molecule has 1 N–H and O–H groups in total. The number of carbonyl (C=O) groups excluding carboxylic acids is 1. The van der Waals surface area contributed by atoms with Crippen LogP contribution in [0, 0.1) is 6.92 Å². The van der Waals surface area contributed by atoms with Gasteiger partial charge < -0.3 is 10.1 Å². The van der Waals surface area contributed by atoms with Crippen molar-refractivity contribution in [2.45, 2.75) is 19.5 Å². The van der Waals surface area contributed by atoms with Crippen molar-refractivity contribution < 1.29 is 9.53 Å². The number of morpholine rings is 1. The number of pyridine rings is 1. The van der Waals surface area contributed by atoms with Gasteiger partial charge in [-0.1, -0.05) is 6.07 Å². The van der Waals surface area contributed by atoms with E-state index < -0.39 is 0 Å². The van der Waals surface area contributed by atoms with E-state index in [2.05, 4.69) is 25.6 Å². The Bertz CT molecular complexity index is 886.